The molecule has 1 unspecified atom stereocenters. The largest absolute Gasteiger partial charge is 0.479 e. The molecular weight excluding hydrogens is 212 g/mol. The molecule has 0 aromatic carbocycles. The van der Waals surface area contributed by atoms with Crippen molar-refractivity contribution < 1.29 is 19.8 Å². The molecule has 1 aliphatic carbocycles. The van der Waals surface area contributed by atoms with Gasteiger partial charge in [-0.25, -0.2) is 4.79 Å². The van der Waals surface area contributed by atoms with Crippen LogP contribution in [0.1, 0.15) is 32.6 Å². The summed E-state index contributed by atoms with van der Waals surface area (Å²) in [6.07, 6.45) is 2.84. The molecule has 1 atom stereocenters. The summed E-state index contributed by atoms with van der Waals surface area (Å²) in [5, 5.41) is 20.4. The molecule has 0 bridgehead atoms. The third-order valence-electron chi connectivity index (χ3n) is 2.95. The number of amides is 1. The van der Waals surface area contributed by atoms with Crippen LogP contribution in [0.25, 0.3) is 0 Å². The van der Waals surface area contributed by atoms with Gasteiger partial charge in [0.1, 0.15) is 0 Å². The highest BCUT2D eigenvalue weighted by molar-refractivity contribution is 5.80. The highest BCUT2D eigenvalue weighted by Gasteiger charge is 2.36. The molecule has 0 aromatic rings. The predicted octanol–water partition coefficient (Wildman–Crippen LogP) is -0.790. The van der Waals surface area contributed by atoms with Crippen LogP contribution >= 0.6 is 0 Å². The standard InChI is InChI=1S/C10H18N2O4/c1-9(16,8(14)15)6-12-7(13)5-10(11)3-2-4-10/h16H,2-6,11H2,1H3,(H,12,13)(H,14,15). The summed E-state index contributed by atoms with van der Waals surface area (Å²) in [6, 6.07) is 0. The van der Waals surface area contributed by atoms with Crippen LogP contribution in [0.3, 0.4) is 0 Å². The van der Waals surface area contributed by atoms with E-state index in [-0.39, 0.29) is 18.9 Å². The number of carboxylic acids is 1. The first-order chi connectivity index (χ1) is 7.25. The van der Waals surface area contributed by atoms with Crippen LogP contribution in [0.4, 0.5) is 0 Å². The molecule has 0 saturated heterocycles. The lowest BCUT2D eigenvalue weighted by atomic mass is 9.75. The topological polar surface area (TPSA) is 113 Å². The second kappa shape index (κ2) is 4.39. The van der Waals surface area contributed by atoms with E-state index in [4.69, 9.17) is 10.8 Å². The van der Waals surface area contributed by atoms with E-state index in [1.165, 1.54) is 0 Å². The normalized spacial score (nSPS) is 21.7. The van der Waals surface area contributed by atoms with Crippen LogP contribution in [0.15, 0.2) is 0 Å². The van der Waals surface area contributed by atoms with Crippen molar-refractivity contribution in [2.24, 2.45) is 5.73 Å². The first-order valence-electron chi connectivity index (χ1n) is 5.27. The van der Waals surface area contributed by atoms with Crippen molar-refractivity contribution in [2.45, 2.75) is 43.7 Å². The summed E-state index contributed by atoms with van der Waals surface area (Å²) < 4.78 is 0. The van der Waals surface area contributed by atoms with Gasteiger partial charge in [-0.1, -0.05) is 0 Å². The van der Waals surface area contributed by atoms with Gasteiger partial charge in [-0.15, -0.1) is 0 Å². The maximum Gasteiger partial charge on any atom is 0.337 e. The summed E-state index contributed by atoms with van der Waals surface area (Å²) >= 11 is 0. The Morgan fingerprint density at radius 2 is 2.06 bits per heavy atom. The quantitative estimate of drug-likeness (QED) is 0.494. The first-order valence-corrected chi connectivity index (χ1v) is 5.27. The Labute approximate surface area is 93.8 Å². The number of carbonyl (C=O) groups is 2. The summed E-state index contributed by atoms with van der Waals surface area (Å²) in [6.45, 7) is 0.828. The number of nitrogens with two attached hydrogens (primary N) is 1. The van der Waals surface area contributed by atoms with Crippen LogP contribution in [0.5, 0.6) is 0 Å². The molecule has 1 fully saturated rings. The Balaban J connectivity index is 2.32. The van der Waals surface area contributed by atoms with Gasteiger partial charge < -0.3 is 21.3 Å². The predicted molar refractivity (Wildman–Crippen MR) is 56.7 cm³/mol. The summed E-state index contributed by atoms with van der Waals surface area (Å²) in [7, 11) is 0. The van der Waals surface area contributed by atoms with Crippen LogP contribution in [-0.4, -0.2) is 39.8 Å². The van der Waals surface area contributed by atoms with Crippen LogP contribution in [-0.2, 0) is 9.59 Å². The lowest BCUT2D eigenvalue weighted by Crippen LogP contribution is -2.52. The fraction of sp³-hybridized carbons (Fsp3) is 0.800. The van der Waals surface area contributed by atoms with E-state index in [0.29, 0.717) is 0 Å². The Hall–Kier alpha value is -1.14. The van der Waals surface area contributed by atoms with Crippen molar-refractivity contribution >= 4 is 11.9 Å². The smallest absolute Gasteiger partial charge is 0.337 e. The van der Waals surface area contributed by atoms with Crippen molar-refractivity contribution in [3.8, 4) is 0 Å². The zero-order valence-corrected chi connectivity index (χ0v) is 9.32. The molecule has 0 radical (unpaired) electrons. The van der Waals surface area contributed by atoms with Crippen LogP contribution in [0.2, 0.25) is 0 Å². The van der Waals surface area contributed by atoms with Crippen LogP contribution < -0.4 is 11.1 Å². The minimum atomic E-state index is -1.93. The van der Waals surface area contributed by atoms with E-state index >= 15 is 0 Å². The zero-order chi connectivity index (χ0) is 12.4. The van der Waals surface area contributed by atoms with E-state index in [9.17, 15) is 14.7 Å². The monoisotopic (exact) mass is 230 g/mol. The fourth-order valence-electron chi connectivity index (χ4n) is 1.54. The fourth-order valence-corrected chi connectivity index (χ4v) is 1.54. The van der Waals surface area contributed by atoms with E-state index < -0.39 is 17.1 Å². The molecular formula is C10H18N2O4. The summed E-state index contributed by atoms with van der Waals surface area (Å²) in [4.78, 5) is 22.0. The van der Waals surface area contributed by atoms with E-state index in [1.807, 2.05) is 0 Å². The number of hydrogen-bond donors (Lipinski definition) is 4. The molecule has 1 saturated carbocycles. The van der Waals surface area contributed by atoms with Gasteiger partial charge in [0.2, 0.25) is 5.91 Å². The second-order valence-corrected chi connectivity index (χ2v) is 4.75. The Bertz CT molecular complexity index is 297. The highest BCUT2D eigenvalue weighted by atomic mass is 16.4. The third kappa shape index (κ3) is 3.18. The molecule has 6 nitrogen and oxygen atoms in total. The molecule has 0 aliphatic heterocycles. The number of aliphatic hydroxyl groups is 1. The van der Waals surface area contributed by atoms with E-state index in [0.717, 1.165) is 26.2 Å². The Morgan fingerprint density at radius 3 is 2.44 bits per heavy atom. The van der Waals surface area contributed by atoms with Crippen molar-refractivity contribution in [3.05, 3.63) is 0 Å². The summed E-state index contributed by atoms with van der Waals surface area (Å²) in [5.41, 5.74) is 3.50. The molecule has 6 heteroatoms. The highest BCUT2D eigenvalue weighted by Crippen LogP contribution is 2.31. The molecule has 1 amide bonds. The van der Waals surface area contributed by atoms with Gasteiger partial charge in [0.05, 0.1) is 6.54 Å². The molecule has 0 spiro atoms. The number of hydrogen-bond acceptors (Lipinski definition) is 4. The third-order valence-corrected chi connectivity index (χ3v) is 2.95. The average molecular weight is 230 g/mol. The van der Waals surface area contributed by atoms with Crippen LogP contribution in [0, 0.1) is 0 Å². The van der Waals surface area contributed by atoms with E-state index in [2.05, 4.69) is 5.32 Å². The van der Waals surface area contributed by atoms with Crippen molar-refractivity contribution in [1.82, 2.24) is 5.32 Å². The van der Waals surface area contributed by atoms with Gasteiger partial charge in [-0.3, -0.25) is 4.79 Å². The summed E-state index contributed by atoms with van der Waals surface area (Å²) in [5.74, 6) is -1.68. The van der Waals surface area contributed by atoms with Gasteiger partial charge in [-0.05, 0) is 26.2 Å². The van der Waals surface area contributed by atoms with Gasteiger partial charge in [0.15, 0.2) is 5.60 Å². The van der Waals surface area contributed by atoms with Gasteiger partial charge in [-0.2, -0.15) is 0 Å². The lowest BCUT2D eigenvalue weighted by Gasteiger charge is -2.37. The van der Waals surface area contributed by atoms with Gasteiger partial charge in [0.25, 0.3) is 0 Å². The Morgan fingerprint density at radius 1 is 1.50 bits per heavy atom. The number of carbonyl (C=O) groups excluding carboxylic acids is 1. The number of aliphatic carboxylic acids is 1. The molecule has 92 valence electrons. The minimum absolute atomic E-state index is 0.183. The van der Waals surface area contributed by atoms with Crippen molar-refractivity contribution in [3.63, 3.8) is 0 Å². The molecule has 0 aromatic heterocycles. The van der Waals surface area contributed by atoms with Crippen molar-refractivity contribution in [2.75, 3.05) is 6.54 Å². The van der Waals surface area contributed by atoms with Gasteiger partial charge >= 0.3 is 5.97 Å². The maximum absolute atomic E-state index is 11.4. The van der Waals surface area contributed by atoms with E-state index in [1.54, 1.807) is 0 Å². The SMILES string of the molecule is CC(O)(CNC(=O)CC1(N)CCC1)C(=O)O. The van der Waals surface area contributed by atoms with Gasteiger partial charge in [0, 0.05) is 12.0 Å². The first kappa shape index (κ1) is 12.9. The molecule has 5 N–H and O–H groups in total. The average Bonchev–Trinajstić information content (AvgIpc) is 2.12. The molecule has 1 aliphatic rings. The maximum atomic E-state index is 11.4. The Kier molecular flexibility index (Phi) is 3.54. The second-order valence-electron chi connectivity index (χ2n) is 4.75. The van der Waals surface area contributed by atoms with Crippen molar-refractivity contribution in [1.29, 1.82) is 0 Å². The minimum Gasteiger partial charge on any atom is -0.479 e. The molecule has 1 rings (SSSR count). The molecule has 16 heavy (non-hydrogen) atoms. The zero-order valence-electron chi connectivity index (χ0n) is 9.32. The number of rotatable bonds is 5. The number of nitrogens with one attached hydrogen (secondary N) is 1. The molecule has 0 heterocycles. The number of carboxylic acid groups (broad SMARTS) is 1. The lowest BCUT2D eigenvalue weighted by molar-refractivity contribution is -0.156.